The number of thiocarbonyl (C=S) groups is 1. The molecule has 3 aromatic heterocycles. The van der Waals surface area contributed by atoms with Gasteiger partial charge in [0.05, 0.1) is 17.8 Å². The van der Waals surface area contributed by atoms with Crippen LogP contribution in [-0.4, -0.2) is 37.0 Å². The van der Waals surface area contributed by atoms with Gasteiger partial charge in [0.15, 0.2) is 5.11 Å². The molecule has 188 valence electrons. The van der Waals surface area contributed by atoms with Gasteiger partial charge in [0, 0.05) is 55.7 Å². The minimum atomic E-state index is -0.139. The van der Waals surface area contributed by atoms with Crippen LogP contribution in [0.4, 0.5) is 5.69 Å². The SMILES string of the molecule is CCc1ccccc1NC(=O)CCN1C(=S)N[C@H](c2ccccn2)[C@@H]1c1cccn1Cc1cccnc1. The summed E-state index contributed by atoms with van der Waals surface area (Å²) in [4.78, 5) is 24.0. The molecule has 1 aromatic carbocycles. The van der Waals surface area contributed by atoms with E-state index < -0.39 is 0 Å². The van der Waals surface area contributed by atoms with Crippen LogP contribution in [0, 0.1) is 0 Å². The van der Waals surface area contributed by atoms with Crippen molar-refractivity contribution in [3.05, 3.63) is 114 Å². The van der Waals surface area contributed by atoms with Gasteiger partial charge in [-0.05, 0) is 66.2 Å². The van der Waals surface area contributed by atoms with Gasteiger partial charge >= 0.3 is 0 Å². The molecule has 8 heteroatoms. The van der Waals surface area contributed by atoms with Gasteiger partial charge in [-0.1, -0.05) is 37.3 Å². The third-order valence-corrected chi connectivity index (χ3v) is 7.05. The van der Waals surface area contributed by atoms with Gasteiger partial charge in [0.1, 0.15) is 0 Å². The number of hydrogen-bond donors (Lipinski definition) is 2. The maximum absolute atomic E-state index is 13.0. The number of hydrogen-bond acceptors (Lipinski definition) is 4. The van der Waals surface area contributed by atoms with E-state index in [9.17, 15) is 4.79 Å². The highest BCUT2D eigenvalue weighted by molar-refractivity contribution is 7.80. The van der Waals surface area contributed by atoms with Crippen molar-refractivity contribution >= 4 is 28.9 Å². The third-order valence-electron chi connectivity index (χ3n) is 6.69. The zero-order valence-electron chi connectivity index (χ0n) is 20.7. The fourth-order valence-corrected chi connectivity index (χ4v) is 5.21. The van der Waals surface area contributed by atoms with E-state index in [0.29, 0.717) is 24.6 Å². The van der Waals surface area contributed by atoms with Crippen LogP contribution in [0.5, 0.6) is 0 Å². The second kappa shape index (κ2) is 11.3. The lowest BCUT2D eigenvalue weighted by atomic mass is 10.0. The maximum Gasteiger partial charge on any atom is 0.226 e. The van der Waals surface area contributed by atoms with E-state index in [1.54, 1.807) is 12.4 Å². The van der Waals surface area contributed by atoms with E-state index in [-0.39, 0.29) is 18.0 Å². The van der Waals surface area contributed by atoms with E-state index in [4.69, 9.17) is 12.2 Å². The summed E-state index contributed by atoms with van der Waals surface area (Å²) in [7, 11) is 0. The number of nitrogens with zero attached hydrogens (tertiary/aromatic N) is 4. The fraction of sp³-hybridized carbons (Fsp3) is 0.241. The molecule has 1 fully saturated rings. The number of aryl methyl sites for hydroxylation is 1. The maximum atomic E-state index is 13.0. The van der Waals surface area contributed by atoms with Gasteiger partial charge in [0.25, 0.3) is 0 Å². The molecule has 0 bridgehead atoms. The Kier molecular flexibility index (Phi) is 7.56. The van der Waals surface area contributed by atoms with Crippen molar-refractivity contribution in [1.29, 1.82) is 0 Å². The van der Waals surface area contributed by atoms with Crippen molar-refractivity contribution in [1.82, 2.24) is 24.8 Å². The van der Waals surface area contributed by atoms with Gasteiger partial charge in [0.2, 0.25) is 5.91 Å². The summed E-state index contributed by atoms with van der Waals surface area (Å²) >= 11 is 5.80. The first-order valence-corrected chi connectivity index (χ1v) is 12.9. The highest BCUT2D eigenvalue weighted by Crippen LogP contribution is 2.39. The van der Waals surface area contributed by atoms with Gasteiger partial charge in [-0.15, -0.1) is 0 Å². The molecule has 1 amide bonds. The molecule has 0 aliphatic carbocycles. The van der Waals surface area contributed by atoms with Gasteiger partial charge in [-0.2, -0.15) is 0 Å². The second-order valence-corrected chi connectivity index (χ2v) is 9.44. The van der Waals surface area contributed by atoms with Crippen LogP contribution in [0.3, 0.4) is 0 Å². The fourth-order valence-electron chi connectivity index (χ4n) is 4.88. The first-order valence-electron chi connectivity index (χ1n) is 12.5. The Morgan fingerprint density at radius 3 is 2.70 bits per heavy atom. The number of aromatic nitrogens is 3. The van der Waals surface area contributed by atoms with Crippen molar-refractivity contribution in [2.75, 3.05) is 11.9 Å². The predicted octanol–water partition coefficient (Wildman–Crippen LogP) is 4.89. The molecule has 5 rings (SSSR count). The van der Waals surface area contributed by atoms with E-state index in [2.05, 4.69) is 61.4 Å². The lowest BCUT2D eigenvalue weighted by Gasteiger charge is -2.29. The highest BCUT2D eigenvalue weighted by Gasteiger charge is 2.41. The monoisotopic (exact) mass is 510 g/mol. The average molecular weight is 511 g/mol. The molecular weight excluding hydrogens is 480 g/mol. The Hall–Kier alpha value is -4.04. The summed E-state index contributed by atoms with van der Waals surface area (Å²) in [5.74, 6) is -0.0329. The summed E-state index contributed by atoms with van der Waals surface area (Å²) in [6.07, 6.45) is 8.71. The molecule has 0 unspecified atom stereocenters. The minimum Gasteiger partial charge on any atom is -0.352 e. The number of carbonyl (C=O) groups is 1. The van der Waals surface area contributed by atoms with Crippen molar-refractivity contribution in [2.24, 2.45) is 0 Å². The quantitative estimate of drug-likeness (QED) is 0.312. The molecule has 7 nitrogen and oxygen atoms in total. The molecule has 1 aliphatic heterocycles. The third kappa shape index (κ3) is 5.54. The predicted molar refractivity (Wildman–Crippen MR) is 149 cm³/mol. The summed E-state index contributed by atoms with van der Waals surface area (Å²) in [6.45, 7) is 3.26. The Morgan fingerprint density at radius 1 is 1.05 bits per heavy atom. The summed E-state index contributed by atoms with van der Waals surface area (Å²) < 4.78 is 2.22. The second-order valence-electron chi connectivity index (χ2n) is 9.05. The lowest BCUT2D eigenvalue weighted by Crippen LogP contribution is -2.33. The van der Waals surface area contributed by atoms with Crippen molar-refractivity contribution in [3.63, 3.8) is 0 Å². The van der Waals surface area contributed by atoms with Crippen molar-refractivity contribution in [3.8, 4) is 0 Å². The van der Waals surface area contributed by atoms with E-state index in [0.717, 1.165) is 34.6 Å². The van der Waals surface area contributed by atoms with Crippen LogP contribution in [0.25, 0.3) is 0 Å². The molecule has 2 N–H and O–H groups in total. The number of benzene rings is 1. The van der Waals surface area contributed by atoms with Crippen LogP contribution >= 0.6 is 12.2 Å². The molecule has 1 aliphatic rings. The number of nitrogens with one attached hydrogen (secondary N) is 2. The molecule has 2 atom stereocenters. The Morgan fingerprint density at radius 2 is 1.92 bits per heavy atom. The normalized spacial score (nSPS) is 17.0. The number of anilines is 1. The van der Waals surface area contributed by atoms with Crippen LogP contribution in [0.1, 0.15) is 47.9 Å². The summed E-state index contributed by atoms with van der Waals surface area (Å²) in [5.41, 5.74) is 5.11. The van der Waals surface area contributed by atoms with Gasteiger partial charge in [-0.25, -0.2) is 0 Å². The molecule has 0 spiro atoms. The van der Waals surface area contributed by atoms with Crippen LogP contribution in [0.2, 0.25) is 0 Å². The summed E-state index contributed by atoms with van der Waals surface area (Å²) in [5, 5.41) is 7.18. The molecule has 4 heterocycles. The average Bonchev–Trinajstić information content (AvgIpc) is 3.52. The van der Waals surface area contributed by atoms with E-state index in [1.165, 1.54) is 0 Å². The first kappa shape index (κ1) is 24.6. The van der Waals surface area contributed by atoms with Crippen LogP contribution in [-0.2, 0) is 17.8 Å². The van der Waals surface area contributed by atoms with E-state index in [1.807, 2.05) is 54.7 Å². The number of carbonyl (C=O) groups excluding carboxylic acids is 1. The largest absolute Gasteiger partial charge is 0.352 e. The Balaban J connectivity index is 1.40. The molecule has 4 aromatic rings. The van der Waals surface area contributed by atoms with Crippen LogP contribution < -0.4 is 10.6 Å². The number of pyridine rings is 2. The number of rotatable bonds is 9. The van der Waals surface area contributed by atoms with Gasteiger partial charge in [-0.3, -0.25) is 14.8 Å². The van der Waals surface area contributed by atoms with Crippen LogP contribution in [0.15, 0.2) is 91.5 Å². The molecule has 1 saturated heterocycles. The number of amides is 1. The lowest BCUT2D eigenvalue weighted by molar-refractivity contribution is -0.116. The van der Waals surface area contributed by atoms with E-state index >= 15 is 0 Å². The Labute approximate surface area is 222 Å². The smallest absolute Gasteiger partial charge is 0.226 e. The topological polar surface area (TPSA) is 75.1 Å². The zero-order valence-corrected chi connectivity index (χ0v) is 21.6. The zero-order chi connectivity index (χ0) is 25.6. The highest BCUT2D eigenvalue weighted by atomic mass is 32.1. The molecular formula is C29H30N6OS. The summed E-state index contributed by atoms with van der Waals surface area (Å²) in [6, 6.07) is 21.8. The van der Waals surface area contributed by atoms with Crippen molar-refractivity contribution < 1.29 is 4.79 Å². The molecule has 0 radical (unpaired) electrons. The van der Waals surface area contributed by atoms with Crippen molar-refractivity contribution in [2.45, 2.75) is 38.4 Å². The minimum absolute atomic E-state index is 0.0329. The van der Waals surface area contributed by atoms with Gasteiger partial charge < -0.3 is 20.1 Å². The molecule has 37 heavy (non-hydrogen) atoms. The number of para-hydroxylation sites is 1. The first-order chi connectivity index (χ1) is 18.1. The molecule has 0 saturated carbocycles. The Bertz CT molecular complexity index is 1360. The standard InChI is InChI=1S/C29H30N6OS/c1-2-22-10-3-4-11-23(22)32-26(36)14-18-35-28(27(33-29(35)37)24-12-5-6-16-31-24)25-13-8-17-34(25)20-21-9-7-15-30-19-21/h3-13,15-17,19,27-28H,2,14,18,20H2,1H3,(H,32,36)(H,33,37)/t27-,28+/m1/s1.